The van der Waals surface area contributed by atoms with Crippen molar-refractivity contribution in [3.05, 3.63) is 41.2 Å². The molecule has 1 aliphatic heterocycles. The van der Waals surface area contributed by atoms with Gasteiger partial charge >= 0.3 is 0 Å². The van der Waals surface area contributed by atoms with E-state index in [1.807, 2.05) is 19.9 Å². The van der Waals surface area contributed by atoms with Crippen molar-refractivity contribution in [3.8, 4) is 0 Å². The van der Waals surface area contributed by atoms with E-state index in [1.54, 1.807) is 0 Å². The molecule has 1 aromatic carbocycles. The SMILES string of the molecule is CCN(c1cc(Nc2cc(C)cc(C)c2)nc(C)n1)C1CCS(=O)(=O)C1. The van der Waals surface area contributed by atoms with Gasteiger partial charge in [-0.2, -0.15) is 0 Å². The van der Waals surface area contributed by atoms with Crippen molar-refractivity contribution >= 4 is 27.2 Å². The van der Waals surface area contributed by atoms with Crippen molar-refractivity contribution < 1.29 is 8.42 Å². The highest BCUT2D eigenvalue weighted by Gasteiger charge is 2.32. The van der Waals surface area contributed by atoms with E-state index in [4.69, 9.17) is 0 Å². The zero-order valence-corrected chi connectivity index (χ0v) is 16.6. The summed E-state index contributed by atoms with van der Waals surface area (Å²) in [5.74, 6) is 2.61. The quantitative estimate of drug-likeness (QED) is 0.866. The van der Waals surface area contributed by atoms with Crippen LogP contribution in [0.3, 0.4) is 0 Å². The largest absolute Gasteiger partial charge is 0.353 e. The topological polar surface area (TPSA) is 75.2 Å². The molecular weight excluding hydrogens is 348 g/mol. The predicted molar refractivity (Wildman–Crippen MR) is 106 cm³/mol. The van der Waals surface area contributed by atoms with Gasteiger partial charge < -0.3 is 10.2 Å². The van der Waals surface area contributed by atoms with E-state index in [1.165, 1.54) is 11.1 Å². The third-order valence-corrected chi connectivity index (χ3v) is 6.35. The molecule has 0 bridgehead atoms. The van der Waals surface area contributed by atoms with Crippen molar-refractivity contribution in [2.75, 3.05) is 28.3 Å². The smallest absolute Gasteiger partial charge is 0.152 e. The first-order valence-electron chi connectivity index (χ1n) is 8.94. The van der Waals surface area contributed by atoms with Gasteiger partial charge in [0.1, 0.15) is 17.5 Å². The van der Waals surface area contributed by atoms with Gasteiger partial charge in [0.2, 0.25) is 0 Å². The molecule has 7 heteroatoms. The van der Waals surface area contributed by atoms with Gasteiger partial charge in [-0.25, -0.2) is 18.4 Å². The van der Waals surface area contributed by atoms with Crippen molar-refractivity contribution in [2.24, 2.45) is 0 Å². The fourth-order valence-corrected chi connectivity index (χ4v) is 5.32. The lowest BCUT2D eigenvalue weighted by Crippen LogP contribution is -2.37. The Bertz CT molecular complexity index is 892. The van der Waals surface area contributed by atoms with Gasteiger partial charge in [-0.3, -0.25) is 0 Å². The van der Waals surface area contributed by atoms with Gasteiger partial charge in [-0.15, -0.1) is 0 Å². The van der Waals surface area contributed by atoms with Crippen LogP contribution in [0.25, 0.3) is 0 Å². The van der Waals surface area contributed by atoms with E-state index in [-0.39, 0.29) is 17.5 Å². The standard InChI is InChI=1S/C19H26N4O2S/c1-5-23(17-6-7-26(24,25)12-17)19-11-18(20-15(4)21-19)22-16-9-13(2)8-14(3)10-16/h8-11,17H,5-7,12H2,1-4H3,(H,20,21,22). The van der Waals surface area contributed by atoms with Crippen LogP contribution in [0.2, 0.25) is 0 Å². The first-order chi connectivity index (χ1) is 12.3. The summed E-state index contributed by atoms with van der Waals surface area (Å²) in [6.45, 7) is 8.72. The van der Waals surface area contributed by atoms with Crippen LogP contribution in [-0.2, 0) is 9.84 Å². The predicted octanol–water partition coefficient (Wildman–Crippen LogP) is 3.16. The number of aromatic nitrogens is 2. The molecule has 1 unspecified atom stereocenters. The second-order valence-electron chi connectivity index (χ2n) is 7.00. The first-order valence-corrected chi connectivity index (χ1v) is 10.8. The maximum absolute atomic E-state index is 11.9. The van der Waals surface area contributed by atoms with Gasteiger partial charge in [-0.1, -0.05) is 6.07 Å². The molecule has 0 aliphatic carbocycles. The monoisotopic (exact) mass is 374 g/mol. The molecule has 1 N–H and O–H groups in total. The number of anilines is 3. The van der Waals surface area contributed by atoms with Crippen molar-refractivity contribution in [1.29, 1.82) is 0 Å². The summed E-state index contributed by atoms with van der Waals surface area (Å²) in [4.78, 5) is 11.1. The molecule has 1 saturated heterocycles. The number of nitrogens with one attached hydrogen (secondary N) is 1. The third-order valence-electron chi connectivity index (χ3n) is 4.60. The fraction of sp³-hybridized carbons (Fsp3) is 0.474. The van der Waals surface area contributed by atoms with Crippen LogP contribution in [-0.4, -0.2) is 42.5 Å². The van der Waals surface area contributed by atoms with E-state index >= 15 is 0 Å². The molecular formula is C19H26N4O2S. The summed E-state index contributed by atoms with van der Waals surface area (Å²) in [6, 6.07) is 8.16. The maximum Gasteiger partial charge on any atom is 0.152 e. The molecule has 2 heterocycles. The summed E-state index contributed by atoms with van der Waals surface area (Å²) in [7, 11) is -2.94. The van der Waals surface area contributed by atoms with Crippen molar-refractivity contribution in [3.63, 3.8) is 0 Å². The number of sulfone groups is 1. The van der Waals surface area contributed by atoms with E-state index in [0.29, 0.717) is 18.8 Å². The average molecular weight is 375 g/mol. The molecule has 0 saturated carbocycles. The second kappa shape index (κ2) is 7.23. The minimum absolute atomic E-state index is 0.0200. The molecule has 140 valence electrons. The number of hydrogen-bond acceptors (Lipinski definition) is 6. The van der Waals surface area contributed by atoms with Crippen LogP contribution >= 0.6 is 0 Å². The van der Waals surface area contributed by atoms with E-state index in [9.17, 15) is 8.42 Å². The molecule has 0 radical (unpaired) electrons. The van der Waals surface area contributed by atoms with Crippen LogP contribution in [0.1, 0.15) is 30.3 Å². The molecule has 1 aliphatic rings. The van der Waals surface area contributed by atoms with Crippen LogP contribution in [0, 0.1) is 20.8 Å². The maximum atomic E-state index is 11.9. The Balaban J connectivity index is 1.89. The summed E-state index contributed by atoms with van der Waals surface area (Å²) in [5, 5.41) is 3.36. The van der Waals surface area contributed by atoms with Gasteiger partial charge in [-0.05, 0) is 57.4 Å². The van der Waals surface area contributed by atoms with Crippen LogP contribution in [0.15, 0.2) is 24.3 Å². The highest BCUT2D eigenvalue weighted by molar-refractivity contribution is 7.91. The Morgan fingerprint density at radius 1 is 1.12 bits per heavy atom. The van der Waals surface area contributed by atoms with Crippen LogP contribution in [0.4, 0.5) is 17.3 Å². The van der Waals surface area contributed by atoms with Crippen LogP contribution < -0.4 is 10.2 Å². The van der Waals surface area contributed by atoms with Crippen LogP contribution in [0.5, 0.6) is 0 Å². The van der Waals surface area contributed by atoms with Gasteiger partial charge in [0, 0.05) is 24.3 Å². The Morgan fingerprint density at radius 2 is 1.81 bits per heavy atom. The van der Waals surface area contributed by atoms with Crippen molar-refractivity contribution in [2.45, 2.75) is 40.2 Å². The second-order valence-corrected chi connectivity index (χ2v) is 9.23. The number of rotatable bonds is 5. The van der Waals surface area contributed by atoms with E-state index in [0.717, 1.165) is 17.3 Å². The molecule has 0 amide bonds. The number of aryl methyl sites for hydroxylation is 3. The van der Waals surface area contributed by atoms with Gasteiger partial charge in [0.05, 0.1) is 11.5 Å². The highest BCUT2D eigenvalue weighted by atomic mass is 32.2. The number of hydrogen-bond donors (Lipinski definition) is 1. The molecule has 1 fully saturated rings. The number of nitrogens with zero attached hydrogens (tertiary/aromatic N) is 3. The van der Waals surface area contributed by atoms with Gasteiger partial charge in [0.15, 0.2) is 9.84 Å². The number of benzene rings is 1. The van der Waals surface area contributed by atoms with E-state index in [2.05, 4.69) is 52.2 Å². The Hall–Kier alpha value is -2.15. The third kappa shape index (κ3) is 4.33. The molecule has 3 rings (SSSR count). The molecule has 6 nitrogen and oxygen atoms in total. The fourth-order valence-electron chi connectivity index (χ4n) is 3.59. The highest BCUT2D eigenvalue weighted by Crippen LogP contribution is 2.26. The normalized spacial score (nSPS) is 18.7. The Labute approximate surface area is 155 Å². The molecule has 1 atom stereocenters. The summed E-state index contributed by atoms with van der Waals surface area (Å²) in [5.41, 5.74) is 3.35. The minimum Gasteiger partial charge on any atom is -0.353 e. The first kappa shape index (κ1) is 18.6. The molecule has 26 heavy (non-hydrogen) atoms. The lowest BCUT2D eigenvalue weighted by molar-refractivity contribution is 0.599. The lowest BCUT2D eigenvalue weighted by atomic mass is 10.1. The lowest BCUT2D eigenvalue weighted by Gasteiger charge is -2.28. The van der Waals surface area contributed by atoms with Gasteiger partial charge in [0.25, 0.3) is 0 Å². The van der Waals surface area contributed by atoms with Crippen molar-refractivity contribution in [1.82, 2.24) is 9.97 Å². The molecule has 2 aromatic rings. The molecule has 1 aromatic heterocycles. The summed E-state index contributed by atoms with van der Waals surface area (Å²) < 4.78 is 23.7. The Morgan fingerprint density at radius 3 is 2.38 bits per heavy atom. The zero-order valence-electron chi connectivity index (χ0n) is 15.8. The van der Waals surface area contributed by atoms with E-state index < -0.39 is 9.84 Å². The Kier molecular flexibility index (Phi) is 5.18. The zero-order chi connectivity index (χ0) is 18.9. The minimum atomic E-state index is -2.94. The average Bonchev–Trinajstić information content (AvgIpc) is 2.86. The summed E-state index contributed by atoms with van der Waals surface area (Å²) in [6.07, 6.45) is 0.652. The summed E-state index contributed by atoms with van der Waals surface area (Å²) >= 11 is 0. The molecule has 0 spiro atoms.